The third-order valence-corrected chi connectivity index (χ3v) is 5.89. The molecule has 0 aromatic carbocycles. The monoisotopic (exact) mass is 398 g/mol. The molecule has 0 N–H and O–H groups in total. The number of hydrogen-bond acceptors (Lipinski definition) is 4. The van der Waals surface area contributed by atoms with Crippen molar-refractivity contribution in [1.82, 2.24) is 9.88 Å². The van der Waals surface area contributed by atoms with E-state index in [1.54, 1.807) is 0 Å². The number of hydrogen-bond donors (Lipinski definition) is 0. The van der Waals surface area contributed by atoms with Crippen LogP contribution >= 0.6 is 11.6 Å². The zero-order valence-corrected chi connectivity index (χ0v) is 14.9. The van der Waals surface area contributed by atoms with Crippen molar-refractivity contribution in [3.8, 4) is 0 Å². The van der Waals surface area contributed by atoms with Crippen molar-refractivity contribution in [3.63, 3.8) is 0 Å². The molecule has 1 aliphatic heterocycles. The van der Waals surface area contributed by atoms with E-state index in [2.05, 4.69) is 4.98 Å². The Balaban J connectivity index is 2.16. The van der Waals surface area contributed by atoms with E-state index in [4.69, 9.17) is 11.6 Å². The van der Waals surface area contributed by atoms with Crippen LogP contribution in [0.2, 0.25) is 5.02 Å². The Morgan fingerprint density at radius 1 is 1.16 bits per heavy atom. The predicted octanol–water partition coefficient (Wildman–Crippen LogP) is 3.32. The van der Waals surface area contributed by atoms with E-state index in [0.717, 1.165) is 32.1 Å². The highest BCUT2D eigenvalue weighted by Crippen LogP contribution is 2.32. The van der Waals surface area contributed by atoms with E-state index < -0.39 is 43.3 Å². The molecule has 10 heteroatoms. The third kappa shape index (κ3) is 5.31. The first-order chi connectivity index (χ1) is 11.6. The molecule has 2 heterocycles. The van der Waals surface area contributed by atoms with Gasteiger partial charge in [0.15, 0.2) is 5.03 Å². The zero-order valence-electron chi connectivity index (χ0n) is 13.4. The van der Waals surface area contributed by atoms with Crippen LogP contribution in [-0.2, 0) is 20.8 Å². The van der Waals surface area contributed by atoms with Gasteiger partial charge < -0.3 is 4.90 Å². The number of carbonyl (C=O) groups is 1. The summed E-state index contributed by atoms with van der Waals surface area (Å²) in [6.45, 7) is 0.949. The second-order valence-corrected chi connectivity index (χ2v) is 8.23. The summed E-state index contributed by atoms with van der Waals surface area (Å²) in [6.07, 6.45) is 0.353. The third-order valence-electron chi connectivity index (χ3n) is 3.95. The molecule has 5 nitrogen and oxygen atoms in total. The lowest BCUT2D eigenvalue weighted by Gasteiger charge is -2.24. The SMILES string of the molecule is O=C(CS(=O)(=O)c1ncc(C(F)(F)F)cc1Cl)N1CCCCCCC1. The Labute approximate surface area is 149 Å². The Hall–Kier alpha value is -1.35. The van der Waals surface area contributed by atoms with E-state index in [0.29, 0.717) is 25.4 Å². The van der Waals surface area contributed by atoms with Crippen LogP contribution in [0.3, 0.4) is 0 Å². The van der Waals surface area contributed by atoms with Gasteiger partial charge in [-0.05, 0) is 18.9 Å². The maximum atomic E-state index is 12.6. The molecule has 0 aliphatic carbocycles. The molecule has 0 bridgehead atoms. The normalized spacial score (nSPS) is 17.0. The molecule has 0 spiro atoms. The number of halogens is 4. The topological polar surface area (TPSA) is 67.3 Å². The lowest BCUT2D eigenvalue weighted by atomic mass is 10.1. The molecule has 2 rings (SSSR count). The summed E-state index contributed by atoms with van der Waals surface area (Å²) in [7, 11) is -4.22. The van der Waals surface area contributed by atoms with Gasteiger partial charge in [0.25, 0.3) is 0 Å². The molecule has 1 aliphatic rings. The fourth-order valence-electron chi connectivity index (χ4n) is 2.63. The highest BCUT2D eigenvalue weighted by atomic mass is 35.5. The van der Waals surface area contributed by atoms with E-state index in [9.17, 15) is 26.4 Å². The number of likely N-dealkylation sites (tertiary alicyclic amines) is 1. The number of sulfone groups is 1. The van der Waals surface area contributed by atoms with Crippen molar-refractivity contribution in [2.24, 2.45) is 0 Å². The average molecular weight is 399 g/mol. The molecule has 0 radical (unpaired) electrons. The Morgan fingerprint density at radius 2 is 1.72 bits per heavy atom. The minimum atomic E-state index is -4.68. The van der Waals surface area contributed by atoms with Crippen molar-refractivity contribution >= 4 is 27.3 Å². The molecule has 0 atom stereocenters. The van der Waals surface area contributed by atoms with Crippen molar-refractivity contribution < 1.29 is 26.4 Å². The second-order valence-electron chi connectivity index (χ2n) is 5.92. The molecule has 1 fully saturated rings. The highest BCUT2D eigenvalue weighted by molar-refractivity contribution is 7.92. The maximum Gasteiger partial charge on any atom is 0.417 e. The molecule has 1 amide bonds. The second kappa shape index (κ2) is 7.90. The summed E-state index contributed by atoms with van der Waals surface area (Å²) in [5.74, 6) is -1.44. The quantitative estimate of drug-likeness (QED) is 0.783. The molecule has 1 aromatic rings. The van der Waals surface area contributed by atoms with Gasteiger partial charge in [-0.3, -0.25) is 4.79 Å². The van der Waals surface area contributed by atoms with E-state index >= 15 is 0 Å². The molecular formula is C15H18ClF3N2O3S. The van der Waals surface area contributed by atoms with Crippen LogP contribution in [0, 0.1) is 0 Å². The molecule has 25 heavy (non-hydrogen) atoms. The van der Waals surface area contributed by atoms with E-state index in [1.807, 2.05) is 0 Å². The molecule has 140 valence electrons. The van der Waals surface area contributed by atoms with Gasteiger partial charge >= 0.3 is 6.18 Å². The van der Waals surface area contributed by atoms with Crippen LogP contribution in [0.15, 0.2) is 17.3 Å². The fourth-order valence-corrected chi connectivity index (χ4v) is 4.36. The summed E-state index contributed by atoms with van der Waals surface area (Å²) in [5.41, 5.74) is -1.15. The van der Waals surface area contributed by atoms with Crippen LogP contribution < -0.4 is 0 Å². The zero-order chi connectivity index (χ0) is 18.7. The number of aromatic nitrogens is 1. The van der Waals surface area contributed by atoms with Crippen LogP contribution in [0.5, 0.6) is 0 Å². The predicted molar refractivity (Wildman–Crippen MR) is 86.0 cm³/mol. The van der Waals surface area contributed by atoms with Crippen molar-refractivity contribution in [3.05, 3.63) is 22.8 Å². The van der Waals surface area contributed by atoms with Crippen LogP contribution in [0.25, 0.3) is 0 Å². The molecule has 1 saturated heterocycles. The van der Waals surface area contributed by atoms with Crippen molar-refractivity contribution in [2.75, 3.05) is 18.8 Å². The Bertz CT molecular complexity index is 730. The van der Waals surface area contributed by atoms with Gasteiger partial charge in [-0.25, -0.2) is 13.4 Å². The van der Waals surface area contributed by atoms with Crippen LogP contribution in [0.4, 0.5) is 13.2 Å². The van der Waals surface area contributed by atoms with Gasteiger partial charge in [0, 0.05) is 19.3 Å². The summed E-state index contributed by atoms with van der Waals surface area (Å²) in [4.78, 5) is 17.1. The van der Waals surface area contributed by atoms with Crippen LogP contribution in [-0.4, -0.2) is 43.1 Å². The first kappa shape index (κ1) is 20.0. The molecule has 1 aromatic heterocycles. The minimum absolute atomic E-state index is 0.402. The van der Waals surface area contributed by atoms with E-state index in [1.165, 1.54) is 4.90 Å². The Morgan fingerprint density at radius 3 is 2.24 bits per heavy atom. The van der Waals surface area contributed by atoms with Gasteiger partial charge in [-0.15, -0.1) is 0 Å². The molecule has 0 saturated carbocycles. The Kier molecular flexibility index (Phi) is 6.31. The number of carbonyl (C=O) groups excluding carboxylic acids is 1. The largest absolute Gasteiger partial charge is 0.417 e. The van der Waals surface area contributed by atoms with Gasteiger partial charge in [0.1, 0.15) is 5.75 Å². The fraction of sp³-hybridized carbons (Fsp3) is 0.600. The molecular weight excluding hydrogens is 381 g/mol. The summed E-state index contributed by atoms with van der Waals surface area (Å²) < 4.78 is 62.5. The number of nitrogens with zero attached hydrogens (tertiary/aromatic N) is 2. The summed E-state index contributed by atoms with van der Waals surface area (Å²) >= 11 is 5.67. The summed E-state index contributed by atoms with van der Waals surface area (Å²) in [5, 5.41) is -1.35. The lowest BCUT2D eigenvalue weighted by molar-refractivity contribution is -0.138. The van der Waals surface area contributed by atoms with Gasteiger partial charge in [0.05, 0.1) is 10.6 Å². The van der Waals surface area contributed by atoms with E-state index in [-0.39, 0.29) is 0 Å². The number of rotatable bonds is 3. The standard InChI is InChI=1S/C15H18ClF3N2O3S/c16-12-8-11(15(17,18)19)9-20-14(12)25(23,24)10-13(22)21-6-4-2-1-3-5-7-21/h8-9H,1-7,10H2. The number of alkyl halides is 3. The number of amides is 1. The first-order valence-corrected chi connectivity index (χ1v) is 9.87. The molecule has 0 unspecified atom stereocenters. The average Bonchev–Trinajstić information content (AvgIpc) is 2.44. The van der Waals surface area contributed by atoms with Gasteiger partial charge in [-0.1, -0.05) is 30.9 Å². The minimum Gasteiger partial charge on any atom is -0.342 e. The highest BCUT2D eigenvalue weighted by Gasteiger charge is 2.34. The maximum absolute atomic E-state index is 12.6. The van der Waals surface area contributed by atoms with Crippen molar-refractivity contribution in [1.29, 1.82) is 0 Å². The first-order valence-electron chi connectivity index (χ1n) is 7.84. The van der Waals surface area contributed by atoms with Crippen LogP contribution in [0.1, 0.15) is 37.7 Å². The van der Waals surface area contributed by atoms with Gasteiger partial charge in [-0.2, -0.15) is 13.2 Å². The lowest BCUT2D eigenvalue weighted by Crippen LogP contribution is -2.38. The smallest absolute Gasteiger partial charge is 0.342 e. The summed E-state index contributed by atoms with van der Waals surface area (Å²) in [6, 6.07) is 0.502. The van der Waals surface area contributed by atoms with Gasteiger partial charge in [0.2, 0.25) is 15.7 Å². The van der Waals surface area contributed by atoms with Crippen molar-refractivity contribution in [2.45, 2.75) is 43.3 Å². The number of pyridine rings is 1.